The Hall–Kier alpha value is -3.45. The van der Waals surface area contributed by atoms with Crippen molar-refractivity contribution >= 4 is 35.2 Å². The molecule has 2 aromatic rings. The van der Waals surface area contributed by atoms with Crippen molar-refractivity contribution in [2.24, 2.45) is 0 Å². The van der Waals surface area contributed by atoms with Crippen LogP contribution in [-0.4, -0.2) is 35.5 Å². The first-order valence-corrected chi connectivity index (χ1v) is 9.29. The highest BCUT2D eigenvalue weighted by Crippen LogP contribution is 2.30. The fourth-order valence-corrected chi connectivity index (χ4v) is 3.04. The summed E-state index contributed by atoms with van der Waals surface area (Å²) in [6, 6.07) is 14.9. The molecule has 6 nitrogen and oxygen atoms in total. The number of benzene rings is 2. The first kappa shape index (κ1) is 20.3. The maximum atomic E-state index is 12.7. The van der Waals surface area contributed by atoms with E-state index in [4.69, 9.17) is 21.7 Å². The monoisotopic (exact) mass is 408 g/mol. The molecule has 0 unspecified atom stereocenters. The SMILES string of the molecule is C=CCN1C(=O)/C(=C\c2ccc(OC)c(OCc3ccccc3)c2)C(=O)NC1=S. The number of nitrogens with zero attached hydrogens (tertiary/aromatic N) is 1. The third-order valence-corrected chi connectivity index (χ3v) is 4.56. The fraction of sp³-hybridized carbons (Fsp3) is 0.136. The summed E-state index contributed by atoms with van der Waals surface area (Å²) in [5, 5.41) is 2.59. The minimum atomic E-state index is -0.539. The van der Waals surface area contributed by atoms with Crippen molar-refractivity contribution in [3.63, 3.8) is 0 Å². The molecule has 0 spiro atoms. The molecule has 29 heavy (non-hydrogen) atoms. The van der Waals surface area contributed by atoms with E-state index in [0.29, 0.717) is 23.7 Å². The van der Waals surface area contributed by atoms with Gasteiger partial charge in [-0.1, -0.05) is 42.5 Å². The van der Waals surface area contributed by atoms with Crippen molar-refractivity contribution in [1.29, 1.82) is 0 Å². The van der Waals surface area contributed by atoms with Gasteiger partial charge in [-0.3, -0.25) is 19.8 Å². The average Bonchev–Trinajstić information content (AvgIpc) is 2.73. The van der Waals surface area contributed by atoms with Crippen LogP contribution in [0.25, 0.3) is 6.08 Å². The molecule has 0 radical (unpaired) electrons. The summed E-state index contributed by atoms with van der Waals surface area (Å²) in [7, 11) is 1.55. The van der Waals surface area contributed by atoms with E-state index in [1.165, 1.54) is 11.0 Å². The second kappa shape index (κ2) is 9.16. The topological polar surface area (TPSA) is 67.9 Å². The van der Waals surface area contributed by atoms with Crippen LogP contribution in [0.1, 0.15) is 11.1 Å². The molecule has 1 saturated heterocycles. The maximum Gasteiger partial charge on any atom is 0.265 e. The number of hydrogen-bond donors (Lipinski definition) is 1. The lowest BCUT2D eigenvalue weighted by molar-refractivity contribution is -0.128. The Morgan fingerprint density at radius 1 is 1.14 bits per heavy atom. The third kappa shape index (κ3) is 4.70. The van der Waals surface area contributed by atoms with Crippen molar-refractivity contribution < 1.29 is 19.1 Å². The zero-order valence-corrected chi connectivity index (χ0v) is 16.7. The summed E-state index contributed by atoms with van der Waals surface area (Å²) in [5.74, 6) is 0.0499. The van der Waals surface area contributed by atoms with Gasteiger partial charge >= 0.3 is 0 Å². The van der Waals surface area contributed by atoms with Crippen LogP contribution in [0.4, 0.5) is 0 Å². The molecule has 2 amide bonds. The first-order chi connectivity index (χ1) is 14.0. The van der Waals surface area contributed by atoms with Crippen LogP contribution in [0.15, 0.2) is 66.8 Å². The van der Waals surface area contributed by atoms with E-state index in [0.717, 1.165) is 5.56 Å². The molecular weight excluding hydrogens is 388 g/mol. The van der Waals surface area contributed by atoms with Gasteiger partial charge < -0.3 is 9.47 Å². The van der Waals surface area contributed by atoms with E-state index >= 15 is 0 Å². The molecule has 148 valence electrons. The van der Waals surface area contributed by atoms with Gasteiger partial charge in [0.15, 0.2) is 16.6 Å². The highest BCUT2D eigenvalue weighted by molar-refractivity contribution is 7.80. The molecule has 0 atom stereocenters. The Morgan fingerprint density at radius 2 is 1.90 bits per heavy atom. The second-order valence-corrected chi connectivity index (χ2v) is 6.59. The van der Waals surface area contributed by atoms with Gasteiger partial charge in [0.2, 0.25) is 0 Å². The summed E-state index contributed by atoms with van der Waals surface area (Å²) in [4.78, 5) is 26.2. The fourth-order valence-electron chi connectivity index (χ4n) is 2.79. The quantitative estimate of drug-likeness (QED) is 0.330. The van der Waals surface area contributed by atoms with Crippen molar-refractivity contribution in [1.82, 2.24) is 10.2 Å². The molecule has 1 aliphatic rings. The zero-order chi connectivity index (χ0) is 20.8. The predicted molar refractivity (Wildman–Crippen MR) is 114 cm³/mol. The first-order valence-electron chi connectivity index (χ1n) is 8.88. The van der Waals surface area contributed by atoms with Gasteiger partial charge in [-0.2, -0.15) is 0 Å². The molecule has 0 aliphatic carbocycles. The molecule has 7 heteroatoms. The number of carbonyl (C=O) groups is 2. The van der Waals surface area contributed by atoms with E-state index in [2.05, 4.69) is 11.9 Å². The lowest BCUT2D eigenvalue weighted by atomic mass is 10.1. The Kier molecular flexibility index (Phi) is 6.41. The number of carbonyl (C=O) groups excluding carboxylic acids is 2. The summed E-state index contributed by atoms with van der Waals surface area (Å²) in [6.07, 6.45) is 3.05. The van der Waals surface area contributed by atoms with Crippen molar-refractivity contribution in [2.75, 3.05) is 13.7 Å². The van der Waals surface area contributed by atoms with Gasteiger partial charge in [0.1, 0.15) is 12.2 Å². The lowest BCUT2D eigenvalue weighted by Crippen LogP contribution is -2.53. The molecule has 0 aromatic heterocycles. The van der Waals surface area contributed by atoms with Crippen LogP contribution in [0.2, 0.25) is 0 Å². The van der Waals surface area contributed by atoms with Gasteiger partial charge in [0, 0.05) is 6.54 Å². The highest BCUT2D eigenvalue weighted by atomic mass is 32.1. The molecule has 3 rings (SSSR count). The predicted octanol–water partition coefficient (Wildman–Crippen LogP) is 3.09. The van der Waals surface area contributed by atoms with E-state index in [9.17, 15) is 9.59 Å². The Balaban J connectivity index is 1.88. The molecular formula is C22H20N2O4S. The summed E-state index contributed by atoms with van der Waals surface area (Å²) < 4.78 is 11.2. The lowest BCUT2D eigenvalue weighted by Gasteiger charge is -2.27. The Bertz CT molecular complexity index is 986. The van der Waals surface area contributed by atoms with E-state index < -0.39 is 11.8 Å². The molecule has 1 heterocycles. The van der Waals surface area contributed by atoms with Crippen LogP contribution < -0.4 is 14.8 Å². The second-order valence-electron chi connectivity index (χ2n) is 6.21. The minimum absolute atomic E-state index is 0.0142. The van der Waals surface area contributed by atoms with Gasteiger partial charge in [-0.05, 0) is 41.6 Å². The molecule has 0 bridgehead atoms. The molecule has 2 aromatic carbocycles. The normalized spacial score (nSPS) is 15.3. The molecule has 1 fully saturated rings. The van der Waals surface area contributed by atoms with Crippen LogP contribution in [0.5, 0.6) is 11.5 Å². The van der Waals surface area contributed by atoms with E-state index in [1.807, 2.05) is 30.3 Å². The summed E-state index contributed by atoms with van der Waals surface area (Å²) in [5.41, 5.74) is 1.62. The average molecular weight is 408 g/mol. The van der Waals surface area contributed by atoms with Crippen LogP contribution in [0.3, 0.4) is 0 Å². The number of ether oxygens (including phenoxy) is 2. The van der Waals surface area contributed by atoms with E-state index in [1.54, 1.807) is 31.4 Å². The number of rotatable bonds is 7. The van der Waals surface area contributed by atoms with Crippen LogP contribution in [0, 0.1) is 0 Å². The van der Waals surface area contributed by atoms with Crippen LogP contribution in [-0.2, 0) is 16.2 Å². The smallest absolute Gasteiger partial charge is 0.265 e. The maximum absolute atomic E-state index is 12.7. The number of nitrogens with one attached hydrogen (secondary N) is 1. The van der Waals surface area contributed by atoms with Gasteiger partial charge in [0.25, 0.3) is 11.8 Å². The van der Waals surface area contributed by atoms with E-state index in [-0.39, 0.29) is 17.2 Å². The minimum Gasteiger partial charge on any atom is -0.493 e. The van der Waals surface area contributed by atoms with Gasteiger partial charge in [0.05, 0.1) is 7.11 Å². The standard InChI is InChI=1S/C22H20N2O4S/c1-3-11-24-21(26)17(20(25)23-22(24)29)12-16-9-10-18(27-2)19(13-16)28-14-15-7-5-4-6-8-15/h3-10,12-13H,1,11,14H2,2H3,(H,23,25,29)/b17-12-. The van der Waals surface area contributed by atoms with Gasteiger partial charge in [-0.15, -0.1) is 6.58 Å². The summed E-state index contributed by atoms with van der Waals surface area (Å²) >= 11 is 5.06. The number of methoxy groups -OCH3 is 1. The Morgan fingerprint density at radius 3 is 2.59 bits per heavy atom. The molecule has 1 N–H and O–H groups in total. The van der Waals surface area contributed by atoms with Gasteiger partial charge in [-0.25, -0.2) is 0 Å². The highest BCUT2D eigenvalue weighted by Gasteiger charge is 2.32. The third-order valence-electron chi connectivity index (χ3n) is 4.23. The van der Waals surface area contributed by atoms with Crippen molar-refractivity contribution in [3.8, 4) is 11.5 Å². The largest absolute Gasteiger partial charge is 0.493 e. The molecule has 1 aliphatic heterocycles. The Labute approximate surface area is 174 Å². The number of thiocarbonyl (C=S) groups is 1. The van der Waals surface area contributed by atoms with Crippen LogP contribution >= 0.6 is 12.2 Å². The number of hydrogen-bond acceptors (Lipinski definition) is 5. The van der Waals surface area contributed by atoms with Crippen molar-refractivity contribution in [3.05, 3.63) is 77.9 Å². The zero-order valence-electron chi connectivity index (χ0n) is 15.9. The summed E-state index contributed by atoms with van der Waals surface area (Å²) in [6.45, 7) is 4.18. The number of amides is 2. The van der Waals surface area contributed by atoms with Crippen molar-refractivity contribution in [2.45, 2.75) is 6.61 Å². The molecule has 0 saturated carbocycles.